The van der Waals surface area contributed by atoms with Gasteiger partial charge < -0.3 is 9.26 Å². The molecule has 0 radical (unpaired) electrons. The number of nitrogens with zero attached hydrogens (tertiary/aromatic N) is 3. The van der Waals surface area contributed by atoms with Gasteiger partial charge in [0.15, 0.2) is 0 Å². The summed E-state index contributed by atoms with van der Waals surface area (Å²) in [4.78, 5) is 20.5. The van der Waals surface area contributed by atoms with Crippen molar-refractivity contribution in [2.45, 2.75) is 44.0 Å². The zero-order valence-corrected chi connectivity index (χ0v) is 19.4. The Hall–Kier alpha value is -2.82. The molecule has 0 unspecified atom stereocenters. The van der Waals surface area contributed by atoms with E-state index >= 15 is 0 Å². The first-order chi connectivity index (χ1) is 15.0. The lowest BCUT2D eigenvalue weighted by molar-refractivity contribution is 0.0498. The molecule has 3 rings (SSSR count). The first kappa shape index (κ1) is 23.8. The number of aryl methyl sites for hydroxylation is 1. The Morgan fingerprint density at radius 3 is 2.72 bits per heavy atom. The van der Waals surface area contributed by atoms with Crippen LogP contribution in [0.4, 0.5) is 0 Å². The number of halogens is 1. The fourth-order valence-electron chi connectivity index (χ4n) is 2.73. The van der Waals surface area contributed by atoms with Gasteiger partial charge in [0, 0.05) is 29.9 Å². The van der Waals surface area contributed by atoms with E-state index in [0.29, 0.717) is 24.6 Å². The normalized spacial score (nSPS) is 12.0. The zero-order chi connectivity index (χ0) is 23.4. The number of aromatic nitrogens is 3. The van der Waals surface area contributed by atoms with E-state index < -0.39 is 21.5 Å². The smallest absolute Gasteiger partial charge is 0.338 e. The van der Waals surface area contributed by atoms with Crippen LogP contribution >= 0.6 is 11.6 Å². The quantitative estimate of drug-likeness (QED) is 0.384. The van der Waals surface area contributed by atoms with Crippen molar-refractivity contribution in [2.24, 2.45) is 0 Å². The Labute approximate surface area is 191 Å². The topological polar surface area (TPSA) is 124 Å². The molecule has 170 valence electrons. The van der Waals surface area contributed by atoms with Gasteiger partial charge >= 0.3 is 5.97 Å². The first-order valence-electron chi connectivity index (χ1n) is 9.79. The van der Waals surface area contributed by atoms with Gasteiger partial charge in [-0.2, -0.15) is 4.98 Å². The maximum Gasteiger partial charge on any atom is 0.338 e. The third-order valence-corrected chi connectivity index (χ3v) is 6.29. The van der Waals surface area contributed by atoms with Crippen LogP contribution in [-0.2, 0) is 21.2 Å². The third kappa shape index (κ3) is 6.35. The average Bonchev–Trinajstić information content (AvgIpc) is 3.19. The highest BCUT2D eigenvalue weighted by atomic mass is 35.5. The Balaban J connectivity index is 1.57. The number of rotatable bonds is 8. The lowest BCUT2D eigenvalue weighted by atomic mass is 10.1. The molecule has 2 aromatic heterocycles. The van der Waals surface area contributed by atoms with E-state index in [4.69, 9.17) is 20.9 Å². The number of hydrogen-bond acceptors (Lipinski definition) is 8. The molecule has 0 fully saturated rings. The van der Waals surface area contributed by atoms with E-state index in [1.807, 2.05) is 6.07 Å². The predicted octanol–water partition coefficient (Wildman–Crippen LogP) is 3.65. The summed E-state index contributed by atoms with van der Waals surface area (Å²) in [7, 11) is -3.91. The summed E-state index contributed by atoms with van der Waals surface area (Å²) in [5, 5.41) is 3.92. The fraction of sp³-hybridized carbons (Fsp3) is 0.333. The van der Waals surface area contributed by atoms with Gasteiger partial charge in [-0.05, 0) is 57.5 Å². The highest BCUT2D eigenvalue weighted by molar-refractivity contribution is 7.89. The highest BCUT2D eigenvalue weighted by Gasteiger charge is 2.25. The van der Waals surface area contributed by atoms with Crippen LogP contribution in [0.25, 0.3) is 11.4 Å². The molecular weight excluding hydrogens is 456 g/mol. The molecule has 32 heavy (non-hydrogen) atoms. The minimum absolute atomic E-state index is 0.0131. The number of carbonyl (C=O) groups excluding carboxylic acids is 1. The van der Waals surface area contributed by atoms with Crippen LogP contribution < -0.4 is 4.72 Å². The summed E-state index contributed by atoms with van der Waals surface area (Å²) in [6.07, 6.45) is 4.15. The molecule has 0 aliphatic heterocycles. The van der Waals surface area contributed by atoms with E-state index in [9.17, 15) is 13.2 Å². The Morgan fingerprint density at radius 2 is 2.03 bits per heavy atom. The number of benzene rings is 1. The lowest BCUT2D eigenvalue weighted by Gasteiger charge is -2.21. The van der Waals surface area contributed by atoms with Gasteiger partial charge in [0.25, 0.3) is 0 Å². The summed E-state index contributed by atoms with van der Waals surface area (Å²) in [5.74, 6) is 0.187. The van der Waals surface area contributed by atoms with Gasteiger partial charge in [0.1, 0.15) is 4.90 Å². The van der Waals surface area contributed by atoms with Crippen LogP contribution in [0, 0.1) is 0 Å². The van der Waals surface area contributed by atoms with Crippen molar-refractivity contribution in [2.75, 3.05) is 6.61 Å². The average molecular weight is 479 g/mol. The largest absolute Gasteiger partial charge is 0.462 e. The predicted molar refractivity (Wildman–Crippen MR) is 118 cm³/mol. The molecule has 0 saturated carbocycles. The molecule has 1 N–H and O–H groups in total. The third-order valence-electron chi connectivity index (χ3n) is 4.05. The van der Waals surface area contributed by atoms with E-state index in [2.05, 4.69) is 19.8 Å². The first-order valence-corrected chi connectivity index (χ1v) is 11.6. The lowest BCUT2D eigenvalue weighted by Crippen LogP contribution is -2.40. The van der Waals surface area contributed by atoms with Crippen LogP contribution in [-0.4, -0.2) is 41.7 Å². The molecule has 9 nitrogen and oxygen atoms in total. The number of nitrogens with one attached hydrogen (secondary N) is 1. The van der Waals surface area contributed by atoms with Crippen molar-refractivity contribution in [1.29, 1.82) is 0 Å². The van der Waals surface area contributed by atoms with Crippen molar-refractivity contribution >= 4 is 27.6 Å². The van der Waals surface area contributed by atoms with Crippen molar-refractivity contribution in [3.63, 3.8) is 0 Å². The second-order valence-corrected chi connectivity index (χ2v) is 10.1. The summed E-state index contributed by atoms with van der Waals surface area (Å²) in [6, 6.07) is 7.57. The minimum atomic E-state index is -3.91. The maximum atomic E-state index is 12.6. The molecule has 0 aliphatic rings. The number of pyridine rings is 1. The van der Waals surface area contributed by atoms with Gasteiger partial charge in [-0.15, -0.1) is 0 Å². The number of carbonyl (C=O) groups is 1. The number of hydrogen-bond donors (Lipinski definition) is 1. The summed E-state index contributed by atoms with van der Waals surface area (Å²) in [6.45, 7) is 5.22. The molecule has 0 spiro atoms. The SMILES string of the molecule is CC(C)(C)NS(=O)(=O)c1cc(C(=O)OCCCc2nc(-c3cccnc3)no2)ccc1Cl. The van der Waals surface area contributed by atoms with Gasteiger partial charge in [0.05, 0.1) is 17.2 Å². The second kappa shape index (κ2) is 9.76. The Morgan fingerprint density at radius 1 is 1.25 bits per heavy atom. The molecule has 0 atom stereocenters. The second-order valence-electron chi connectivity index (χ2n) is 7.99. The molecule has 2 heterocycles. The molecule has 0 amide bonds. The number of esters is 1. The van der Waals surface area contributed by atoms with E-state index in [1.165, 1.54) is 18.2 Å². The van der Waals surface area contributed by atoms with E-state index in [-0.39, 0.29) is 22.1 Å². The zero-order valence-electron chi connectivity index (χ0n) is 17.8. The molecular formula is C21H23ClN4O5S. The molecule has 1 aromatic carbocycles. The fourth-order valence-corrected chi connectivity index (χ4v) is 4.68. The van der Waals surface area contributed by atoms with Crippen LogP contribution in [0.5, 0.6) is 0 Å². The van der Waals surface area contributed by atoms with Crippen LogP contribution in [0.15, 0.2) is 52.1 Å². The Kier molecular flexibility index (Phi) is 7.27. The van der Waals surface area contributed by atoms with Gasteiger partial charge in [-0.25, -0.2) is 17.9 Å². The Bertz CT molecular complexity index is 1190. The van der Waals surface area contributed by atoms with Crippen molar-refractivity contribution in [3.05, 3.63) is 59.2 Å². The molecule has 0 bridgehead atoms. The van der Waals surface area contributed by atoms with Crippen molar-refractivity contribution in [1.82, 2.24) is 19.8 Å². The molecule has 0 aliphatic carbocycles. The van der Waals surface area contributed by atoms with E-state index in [0.717, 1.165) is 5.56 Å². The van der Waals surface area contributed by atoms with Crippen molar-refractivity contribution in [3.8, 4) is 11.4 Å². The van der Waals surface area contributed by atoms with Crippen LogP contribution in [0.3, 0.4) is 0 Å². The van der Waals surface area contributed by atoms with Gasteiger partial charge in [-0.1, -0.05) is 16.8 Å². The molecule has 11 heteroatoms. The monoisotopic (exact) mass is 478 g/mol. The number of sulfonamides is 1. The number of ether oxygens (including phenoxy) is 1. The van der Waals surface area contributed by atoms with Crippen LogP contribution in [0.1, 0.15) is 43.4 Å². The molecule has 3 aromatic rings. The van der Waals surface area contributed by atoms with E-state index in [1.54, 1.807) is 39.2 Å². The van der Waals surface area contributed by atoms with Gasteiger partial charge in [0.2, 0.25) is 21.7 Å². The standard InChI is InChI=1S/C21H23ClN4O5S/c1-21(2,3)26-32(28,29)17-12-14(8-9-16(17)22)20(27)30-11-5-7-18-24-19(25-31-18)15-6-4-10-23-13-15/h4,6,8-10,12-13,26H,5,7,11H2,1-3H3. The maximum absolute atomic E-state index is 12.6. The highest BCUT2D eigenvalue weighted by Crippen LogP contribution is 2.24. The van der Waals surface area contributed by atoms with Crippen molar-refractivity contribution < 1.29 is 22.5 Å². The summed E-state index contributed by atoms with van der Waals surface area (Å²) in [5.41, 5.74) is 0.119. The van der Waals surface area contributed by atoms with Crippen LogP contribution in [0.2, 0.25) is 5.02 Å². The molecule has 0 saturated heterocycles. The minimum Gasteiger partial charge on any atom is -0.462 e. The van der Waals surface area contributed by atoms with Gasteiger partial charge in [-0.3, -0.25) is 4.98 Å². The summed E-state index contributed by atoms with van der Waals surface area (Å²) >= 11 is 6.06. The summed E-state index contributed by atoms with van der Waals surface area (Å²) < 4.78 is 38.1.